The van der Waals surface area contributed by atoms with Crippen LogP contribution < -0.4 is 10.6 Å². The zero-order chi connectivity index (χ0) is 16.8. The Morgan fingerprint density at radius 2 is 2.09 bits per heavy atom. The van der Waals surface area contributed by atoms with Gasteiger partial charge in [-0.2, -0.15) is 0 Å². The second-order valence-corrected chi connectivity index (χ2v) is 6.12. The molecule has 7 nitrogen and oxygen atoms in total. The highest BCUT2D eigenvalue weighted by Crippen LogP contribution is 2.18. The first-order chi connectivity index (χ1) is 11.0. The molecule has 1 aromatic heterocycles. The van der Waals surface area contributed by atoms with Crippen LogP contribution in [0, 0.1) is 11.8 Å². The van der Waals surface area contributed by atoms with Crippen LogP contribution in [-0.4, -0.2) is 48.8 Å². The lowest BCUT2D eigenvalue weighted by atomic mass is 10.1. The predicted molar refractivity (Wildman–Crippen MR) is 83.6 cm³/mol. The number of hydrogen-bond donors (Lipinski definition) is 2. The van der Waals surface area contributed by atoms with Crippen molar-refractivity contribution in [1.29, 1.82) is 0 Å². The summed E-state index contributed by atoms with van der Waals surface area (Å²) in [5, 5.41) is 5.41. The third-order valence-corrected chi connectivity index (χ3v) is 3.63. The number of rotatable bonds is 7. The fraction of sp³-hybridized carbons (Fsp3) is 0.562. The molecule has 1 atom stereocenters. The summed E-state index contributed by atoms with van der Waals surface area (Å²) in [6, 6.07) is 3.21. The zero-order valence-electron chi connectivity index (χ0n) is 13.5. The van der Waals surface area contributed by atoms with E-state index in [9.17, 15) is 14.4 Å². The molecule has 1 aliphatic heterocycles. The number of hydrogen-bond acceptors (Lipinski definition) is 4. The summed E-state index contributed by atoms with van der Waals surface area (Å²) in [6.07, 6.45) is 1.69. The van der Waals surface area contributed by atoms with E-state index in [0.29, 0.717) is 32.1 Å². The lowest BCUT2D eigenvalue weighted by Gasteiger charge is -2.18. The Kier molecular flexibility index (Phi) is 5.78. The second-order valence-electron chi connectivity index (χ2n) is 6.12. The highest BCUT2D eigenvalue weighted by Gasteiger charge is 2.34. The number of carbonyl (C=O) groups excluding carboxylic acids is 3. The van der Waals surface area contributed by atoms with Crippen LogP contribution in [0.4, 0.5) is 0 Å². The predicted octanol–water partition coefficient (Wildman–Crippen LogP) is 0.630. The van der Waals surface area contributed by atoms with Gasteiger partial charge in [-0.05, 0) is 18.1 Å². The van der Waals surface area contributed by atoms with Crippen LogP contribution in [0.25, 0.3) is 0 Å². The van der Waals surface area contributed by atoms with Crippen molar-refractivity contribution in [3.8, 4) is 0 Å². The molecular formula is C16H23N3O4. The van der Waals surface area contributed by atoms with Gasteiger partial charge in [-0.15, -0.1) is 0 Å². The summed E-state index contributed by atoms with van der Waals surface area (Å²) in [5.41, 5.74) is 0. The molecule has 2 heterocycles. The van der Waals surface area contributed by atoms with Gasteiger partial charge >= 0.3 is 0 Å². The van der Waals surface area contributed by atoms with Crippen molar-refractivity contribution in [2.45, 2.75) is 20.3 Å². The van der Waals surface area contributed by atoms with E-state index in [1.165, 1.54) is 6.26 Å². The van der Waals surface area contributed by atoms with E-state index >= 15 is 0 Å². The number of nitrogens with one attached hydrogen (secondary N) is 2. The van der Waals surface area contributed by atoms with Crippen LogP contribution in [-0.2, 0) is 9.59 Å². The largest absolute Gasteiger partial charge is 0.459 e. The SMILES string of the molecule is CC(C)CN1C[C@@H](C(=O)NCCNC(=O)c2ccco2)CC1=O. The fourth-order valence-corrected chi connectivity index (χ4v) is 2.57. The molecule has 0 spiro atoms. The van der Waals surface area contributed by atoms with Gasteiger partial charge in [-0.25, -0.2) is 0 Å². The number of furan rings is 1. The van der Waals surface area contributed by atoms with Crippen molar-refractivity contribution >= 4 is 17.7 Å². The van der Waals surface area contributed by atoms with Crippen molar-refractivity contribution in [3.63, 3.8) is 0 Å². The smallest absolute Gasteiger partial charge is 0.287 e. The third kappa shape index (κ3) is 4.84. The van der Waals surface area contributed by atoms with Gasteiger partial charge in [0, 0.05) is 32.6 Å². The number of likely N-dealkylation sites (tertiary alicyclic amines) is 1. The molecule has 0 aliphatic carbocycles. The first-order valence-electron chi connectivity index (χ1n) is 7.84. The van der Waals surface area contributed by atoms with Crippen LogP contribution in [0.1, 0.15) is 30.8 Å². The Morgan fingerprint density at radius 1 is 1.35 bits per heavy atom. The van der Waals surface area contributed by atoms with Gasteiger partial charge in [-0.3, -0.25) is 14.4 Å². The molecule has 0 radical (unpaired) electrons. The molecular weight excluding hydrogens is 298 g/mol. The van der Waals surface area contributed by atoms with Gasteiger partial charge in [-0.1, -0.05) is 13.8 Å². The van der Waals surface area contributed by atoms with Crippen LogP contribution in [0.2, 0.25) is 0 Å². The molecule has 1 aliphatic rings. The van der Waals surface area contributed by atoms with Crippen molar-refractivity contribution in [1.82, 2.24) is 15.5 Å². The Labute approximate surface area is 135 Å². The summed E-state index contributed by atoms with van der Waals surface area (Å²) >= 11 is 0. The summed E-state index contributed by atoms with van der Waals surface area (Å²) in [6.45, 7) is 5.87. The standard InChI is InChI=1S/C16H23N3O4/c1-11(2)9-19-10-12(8-14(19)20)15(21)17-5-6-18-16(22)13-4-3-7-23-13/h3-4,7,11-12H,5-6,8-10H2,1-2H3,(H,17,21)(H,18,22)/t12-/m0/s1. The first-order valence-corrected chi connectivity index (χ1v) is 7.84. The summed E-state index contributed by atoms with van der Waals surface area (Å²) < 4.78 is 4.97. The van der Waals surface area contributed by atoms with Gasteiger partial charge in [0.25, 0.3) is 5.91 Å². The Balaban J connectivity index is 1.67. The summed E-state index contributed by atoms with van der Waals surface area (Å²) in [7, 11) is 0. The highest BCUT2D eigenvalue weighted by molar-refractivity contribution is 5.91. The van der Waals surface area contributed by atoms with E-state index < -0.39 is 0 Å². The molecule has 23 heavy (non-hydrogen) atoms. The minimum absolute atomic E-state index is 0.0324. The van der Waals surface area contributed by atoms with E-state index in [1.807, 2.05) is 13.8 Å². The number of amides is 3. The van der Waals surface area contributed by atoms with Crippen LogP contribution in [0.15, 0.2) is 22.8 Å². The maximum Gasteiger partial charge on any atom is 0.287 e. The van der Waals surface area contributed by atoms with Gasteiger partial charge in [0.15, 0.2) is 5.76 Å². The number of carbonyl (C=O) groups is 3. The molecule has 1 aromatic rings. The maximum absolute atomic E-state index is 12.1. The summed E-state index contributed by atoms with van der Waals surface area (Å²) in [5.74, 6) is -0.105. The molecule has 0 bridgehead atoms. The quantitative estimate of drug-likeness (QED) is 0.721. The molecule has 1 fully saturated rings. The van der Waals surface area contributed by atoms with Crippen LogP contribution >= 0.6 is 0 Å². The Bertz CT molecular complexity index is 554. The van der Waals surface area contributed by atoms with Gasteiger partial charge in [0.2, 0.25) is 11.8 Å². The minimum atomic E-state index is -0.316. The topological polar surface area (TPSA) is 91.7 Å². The van der Waals surface area contributed by atoms with E-state index in [4.69, 9.17) is 4.42 Å². The molecule has 2 rings (SSSR count). The minimum Gasteiger partial charge on any atom is -0.459 e. The lowest BCUT2D eigenvalue weighted by Crippen LogP contribution is -2.38. The first kappa shape index (κ1) is 17.1. The highest BCUT2D eigenvalue weighted by atomic mass is 16.3. The van der Waals surface area contributed by atoms with Crippen molar-refractivity contribution in [2.75, 3.05) is 26.2 Å². The lowest BCUT2D eigenvalue weighted by molar-refractivity contribution is -0.129. The fourth-order valence-electron chi connectivity index (χ4n) is 2.57. The average Bonchev–Trinajstić information content (AvgIpc) is 3.13. The molecule has 0 aromatic carbocycles. The Morgan fingerprint density at radius 3 is 2.74 bits per heavy atom. The molecule has 2 N–H and O–H groups in total. The second kappa shape index (κ2) is 7.80. The molecule has 0 unspecified atom stereocenters. The molecule has 3 amide bonds. The van der Waals surface area contributed by atoms with E-state index in [-0.39, 0.29) is 35.8 Å². The van der Waals surface area contributed by atoms with E-state index in [2.05, 4.69) is 10.6 Å². The van der Waals surface area contributed by atoms with Crippen molar-refractivity contribution in [3.05, 3.63) is 24.2 Å². The monoisotopic (exact) mass is 321 g/mol. The normalized spacial score (nSPS) is 17.6. The Hall–Kier alpha value is -2.31. The molecule has 7 heteroatoms. The van der Waals surface area contributed by atoms with E-state index in [1.54, 1.807) is 17.0 Å². The third-order valence-electron chi connectivity index (χ3n) is 3.63. The van der Waals surface area contributed by atoms with Crippen molar-refractivity contribution in [2.24, 2.45) is 11.8 Å². The van der Waals surface area contributed by atoms with Gasteiger partial charge in [0.05, 0.1) is 12.2 Å². The van der Waals surface area contributed by atoms with Gasteiger partial charge < -0.3 is 20.0 Å². The maximum atomic E-state index is 12.1. The van der Waals surface area contributed by atoms with E-state index in [0.717, 1.165) is 0 Å². The van der Waals surface area contributed by atoms with Crippen LogP contribution in [0.3, 0.4) is 0 Å². The zero-order valence-corrected chi connectivity index (χ0v) is 13.5. The van der Waals surface area contributed by atoms with Crippen molar-refractivity contribution < 1.29 is 18.8 Å². The van der Waals surface area contributed by atoms with Crippen LogP contribution in [0.5, 0.6) is 0 Å². The average molecular weight is 321 g/mol. The molecule has 1 saturated heterocycles. The number of nitrogens with zero attached hydrogens (tertiary/aromatic N) is 1. The van der Waals surface area contributed by atoms with Gasteiger partial charge in [0.1, 0.15) is 0 Å². The summed E-state index contributed by atoms with van der Waals surface area (Å²) in [4.78, 5) is 37.3. The molecule has 126 valence electrons. The molecule has 0 saturated carbocycles.